The molecule has 0 saturated heterocycles. The Morgan fingerprint density at radius 2 is 1.95 bits per heavy atom. The zero-order valence-corrected chi connectivity index (χ0v) is 12.6. The molecular weight excluding hydrogens is 274 g/mol. The summed E-state index contributed by atoms with van der Waals surface area (Å²) in [6, 6.07) is 7.51. The first kappa shape index (κ1) is 14.8. The van der Waals surface area contributed by atoms with E-state index >= 15 is 0 Å². The summed E-state index contributed by atoms with van der Waals surface area (Å²) in [5.41, 5.74) is 2.15. The second kappa shape index (κ2) is 5.79. The molecular formula is C15H17NO3S. The first-order valence-electron chi connectivity index (χ1n) is 6.41. The molecule has 0 fully saturated rings. The Bertz CT molecular complexity index is 555. The molecule has 1 aliphatic heterocycles. The number of carbonyl (C=O) groups excluding carboxylic acids is 2. The summed E-state index contributed by atoms with van der Waals surface area (Å²) in [4.78, 5) is 22.9. The van der Waals surface area contributed by atoms with Gasteiger partial charge < -0.3 is 4.74 Å². The van der Waals surface area contributed by atoms with Crippen molar-refractivity contribution >= 4 is 28.7 Å². The number of carbonyl (C=O) groups is 2. The summed E-state index contributed by atoms with van der Waals surface area (Å²) >= 11 is 0.996. The summed E-state index contributed by atoms with van der Waals surface area (Å²) in [6.07, 6.45) is 0.619. The van der Waals surface area contributed by atoms with Gasteiger partial charge in [0.15, 0.2) is 0 Å². The van der Waals surface area contributed by atoms with E-state index in [2.05, 4.69) is 4.40 Å². The van der Waals surface area contributed by atoms with E-state index < -0.39 is 5.60 Å². The van der Waals surface area contributed by atoms with Gasteiger partial charge in [0.05, 0.1) is 30.5 Å². The molecule has 0 aliphatic carbocycles. The van der Waals surface area contributed by atoms with Crippen molar-refractivity contribution in [2.75, 3.05) is 0 Å². The summed E-state index contributed by atoms with van der Waals surface area (Å²) in [5, 5.41) is 0.0674. The van der Waals surface area contributed by atoms with Gasteiger partial charge in [0, 0.05) is 0 Å². The van der Waals surface area contributed by atoms with Gasteiger partial charge in [-0.15, -0.1) is 0 Å². The summed E-state index contributed by atoms with van der Waals surface area (Å²) in [7, 11) is 0. The number of nitrogens with zero attached hydrogens (tertiary/aromatic N) is 1. The molecule has 0 saturated carbocycles. The van der Waals surface area contributed by atoms with E-state index in [4.69, 9.17) is 4.74 Å². The van der Waals surface area contributed by atoms with Crippen molar-refractivity contribution in [2.45, 2.75) is 39.2 Å². The molecule has 0 bridgehead atoms. The lowest BCUT2D eigenvalue weighted by Crippen LogP contribution is -2.24. The third-order valence-corrected chi connectivity index (χ3v) is 3.28. The first-order chi connectivity index (χ1) is 9.33. The average molecular weight is 291 g/mol. The Morgan fingerprint density at radius 3 is 2.45 bits per heavy atom. The third-order valence-electron chi connectivity index (χ3n) is 2.63. The fourth-order valence-electron chi connectivity index (χ4n) is 1.82. The molecule has 1 heterocycles. The van der Waals surface area contributed by atoms with Crippen LogP contribution in [0.3, 0.4) is 0 Å². The predicted molar refractivity (Wildman–Crippen MR) is 79.7 cm³/mol. The molecule has 1 aliphatic rings. The molecule has 5 heteroatoms. The van der Waals surface area contributed by atoms with Crippen molar-refractivity contribution < 1.29 is 14.3 Å². The van der Waals surface area contributed by atoms with E-state index in [0.29, 0.717) is 6.42 Å². The van der Waals surface area contributed by atoms with Gasteiger partial charge in [0.25, 0.3) is 0 Å². The highest BCUT2D eigenvalue weighted by Gasteiger charge is 2.18. The minimum atomic E-state index is -0.465. The molecule has 0 unspecified atom stereocenters. The Labute approximate surface area is 122 Å². The van der Waals surface area contributed by atoms with Gasteiger partial charge in [0.1, 0.15) is 5.60 Å². The molecule has 0 N–H and O–H groups in total. The Hall–Kier alpha value is -1.62. The van der Waals surface area contributed by atoms with Crippen LogP contribution < -0.4 is 0 Å². The van der Waals surface area contributed by atoms with E-state index in [1.165, 1.54) is 0 Å². The summed E-state index contributed by atoms with van der Waals surface area (Å²) < 4.78 is 9.39. The molecule has 1 aromatic carbocycles. The SMILES string of the molecule is CC(C)(C)OC(=O)Cc1ccc(C2=NSC(=O)C2)cc1. The number of benzene rings is 1. The topological polar surface area (TPSA) is 55.7 Å². The normalized spacial score (nSPS) is 15.2. The van der Waals surface area contributed by atoms with Crippen LogP contribution in [0.25, 0.3) is 0 Å². The van der Waals surface area contributed by atoms with Crippen molar-refractivity contribution in [1.82, 2.24) is 0 Å². The highest BCUT2D eigenvalue weighted by Crippen LogP contribution is 2.22. The summed E-state index contributed by atoms with van der Waals surface area (Å²) in [5.74, 6) is -0.241. The van der Waals surface area contributed by atoms with Crippen molar-refractivity contribution in [3.8, 4) is 0 Å². The van der Waals surface area contributed by atoms with Crippen molar-refractivity contribution in [3.05, 3.63) is 35.4 Å². The molecule has 0 amide bonds. The highest BCUT2D eigenvalue weighted by molar-refractivity contribution is 8.13. The maximum Gasteiger partial charge on any atom is 0.310 e. The monoisotopic (exact) mass is 291 g/mol. The standard InChI is InChI=1S/C15H17NO3S/c1-15(2,3)19-13(17)8-10-4-6-11(7-5-10)12-9-14(18)20-16-12/h4-7H,8-9H2,1-3H3. The van der Waals surface area contributed by atoms with Gasteiger partial charge in [-0.2, -0.15) is 0 Å². The molecule has 20 heavy (non-hydrogen) atoms. The maximum atomic E-state index is 11.7. The van der Waals surface area contributed by atoms with Crippen LogP contribution in [0.1, 0.15) is 38.3 Å². The van der Waals surface area contributed by atoms with E-state index in [0.717, 1.165) is 28.8 Å². The number of ether oxygens (including phenoxy) is 1. The highest BCUT2D eigenvalue weighted by atomic mass is 32.2. The molecule has 2 rings (SSSR count). The van der Waals surface area contributed by atoms with Crippen LogP contribution in [-0.2, 0) is 20.7 Å². The van der Waals surface area contributed by atoms with Crippen LogP contribution in [0.4, 0.5) is 0 Å². The smallest absolute Gasteiger partial charge is 0.310 e. The van der Waals surface area contributed by atoms with E-state index in [1.54, 1.807) is 0 Å². The van der Waals surface area contributed by atoms with Gasteiger partial charge in [-0.05, 0) is 31.9 Å². The molecule has 106 valence electrons. The zero-order valence-electron chi connectivity index (χ0n) is 11.8. The molecule has 0 radical (unpaired) electrons. The van der Waals surface area contributed by atoms with E-state index in [1.807, 2.05) is 45.0 Å². The fourth-order valence-corrected chi connectivity index (χ4v) is 2.40. The van der Waals surface area contributed by atoms with Crippen LogP contribution in [0.2, 0.25) is 0 Å². The number of hydrogen-bond acceptors (Lipinski definition) is 5. The predicted octanol–water partition coefficient (Wildman–Crippen LogP) is 2.94. The van der Waals surface area contributed by atoms with Gasteiger partial charge >= 0.3 is 5.97 Å². The minimum absolute atomic E-state index is 0.0674. The fraction of sp³-hybridized carbons (Fsp3) is 0.400. The van der Waals surface area contributed by atoms with E-state index in [-0.39, 0.29) is 17.5 Å². The molecule has 1 aromatic rings. The van der Waals surface area contributed by atoms with Gasteiger partial charge in [-0.25, -0.2) is 4.40 Å². The number of esters is 1. The Kier molecular flexibility index (Phi) is 4.28. The lowest BCUT2D eigenvalue weighted by Gasteiger charge is -2.19. The second-order valence-electron chi connectivity index (χ2n) is 5.64. The van der Waals surface area contributed by atoms with Crippen LogP contribution in [0.15, 0.2) is 28.7 Å². The van der Waals surface area contributed by atoms with Gasteiger partial charge in [-0.1, -0.05) is 24.3 Å². The quantitative estimate of drug-likeness (QED) is 0.634. The van der Waals surface area contributed by atoms with Crippen LogP contribution in [-0.4, -0.2) is 22.4 Å². The lowest BCUT2D eigenvalue weighted by molar-refractivity contribution is -0.153. The third kappa shape index (κ3) is 4.20. The van der Waals surface area contributed by atoms with Gasteiger partial charge in [0.2, 0.25) is 5.12 Å². The zero-order chi connectivity index (χ0) is 14.8. The van der Waals surface area contributed by atoms with Crippen LogP contribution in [0, 0.1) is 0 Å². The summed E-state index contributed by atoms with van der Waals surface area (Å²) in [6.45, 7) is 5.54. The molecule has 0 spiro atoms. The van der Waals surface area contributed by atoms with Crippen molar-refractivity contribution in [3.63, 3.8) is 0 Å². The largest absolute Gasteiger partial charge is 0.460 e. The van der Waals surface area contributed by atoms with Crippen molar-refractivity contribution in [1.29, 1.82) is 0 Å². The number of rotatable bonds is 3. The van der Waals surface area contributed by atoms with Crippen LogP contribution in [0.5, 0.6) is 0 Å². The second-order valence-corrected chi connectivity index (χ2v) is 6.46. The maximum absolute atomic E-state index is 11.7. The lowest BCUT2D eigenvalue weighted by atomic mass is 10.0. The average Bonchev–Trinajstić information content (AvgIpc) is 2.74. The Morgan fingerprint density at radius 1 is 1.30 bits per heavy atom. The Balaban J connectivity index is 1.98. The molecule has 0 aromatic heterocycles. The van der Waals surface area contributed by atoms with Crippen molar-refractivity contribution in [2.24, 2.45) is 4.40 Å². The first-order valence-corrected chi connectivity index (χ1v) is 7.19. The van der Waals surface area contributed by atoms with E-state index in [9.17, 15) is 9.59 Å². The van der Waals surface area contributed by atoms with Gasteiger partial charge in [-0.3, -0.25) is 9.59 Å². The molecule has 0 atom stereocenters. The molecule has 4 nitrogen and oxygen atoms in total. The van der Waals surface area contributed by atoms with Crippen LogP contribution >= 0.6 is 11.9 Å². The number of hydrogen-bond donors (Lipinski definition) is 0. The minimum Gasteiger partial charge on any atom is -0.460 e.